The molecular formula is C19H18N6OS2. The normalized spacial score (nSPS) is 11.9. The van der Waals surface area contributed by atoms with E-state index in [1.54, 1.807) is 0 Å². The van der Waals surface area contributed by atoms with Crippen LogP contribution in [0.2, 0.25) is 0 Å². The van der Waals surface area contributed by atoms with Gasteiger partial charge in [-0.1, -0.05) is 41.6 Å². The van der Waals surface area contributed by atoms with Crippen LogP contribution in [0.5, 0.6) is 0 Å². The Morgan fingerprint density at radius 2 is 2.04 bits per heavy atom. The van der Waals surface area contributed by atoms with Crippen molar-refractivity contribution in [3.8, 4) is 11.4 Å². The van der Waals surface area contributed by atoms with Gasteiger partial charge in [-0.15, -0.1) is 10.2 Å². The number of benzene rings is 2. The highest BCUT2D eigenvalue weighted by Crippen LogP contribution is 2.38. The van der Waals surface area contributed by atoms with Crippen molar-refractivity contribution in [1.82, 2.24) is 14.8 Å². The Hall–Kier alpha value is -2.78. The van der Waals surface area contributed by atoms with Gasteiger partial charge in [-0.05, 0) is 32.0 Å². The zero-order valence-electron chi connectivity index (χ0n) is 15.4. The summed E-state index contributed by atoms with van der Waals surface area (Å²) in [4.78, 5) is 12.4. The lowest BCUT2D eigenvalue weighted by Gasteiger charge is -2.09. The highest BCUT2D eigenvalue weighted by atomic mass is 32.2. The SMILES string of the molecule is CCn1c(SCC(=O)Nc2cccc3c2N=S=N3)nnc1-c1cccc(C)c1. The molecule has 2 aromatic carbocycles. The first-order valence-electron chi connectivity index (χ1n) is 8.80. The van der Waals surface area contributed by atoms with Crippen LogP contribution in [-0.2, 0) is 22.7 Å². The molecule has 0 unspecified atom stereocenters. The first-order valence-corrected chi connectivity index (χ1v) is 10.5. The van der Waals surface area contributed by atoms with Crippen LogP contribution in [0.3, 0.4) is 0 Å². The minimum Gasteiger partial charge on any atom is -0.323 e. The molecule has 0 fully saturated rings. The third-order valence-electron chi connectivity index (χ3n) is 4.20. The maximum absolute atomic E-state index is 12.4. The topological polar surface area (TPSA) is 84.5 Å². The standard InChI is InChI=1S/C19H18N6OS2/c1-3-25-18(13-7-4-6-12(2)10-13)21-22-19(25)27-11-16(26)20-14-8-5-9-15-17(14)24-28-23-15/h4-10H,3,11H2,1-2H3,(H,20,26). The monoisotopic (exact) mass is 410 g/mol. The summed E-state index contributed by atoms with van der Waals surface area (Å²) < 4.78 is 10.5. The highest BCUT2D eigenvalue weighted by molar-refractivity contribution is 7.99. The van der Waals surface area contributed by atoms with Crippen LogP contribution in [0.25, 0.3) is 11.4 Å². The van der Waals surface area contributed by atoms with Crippen molar-refractivity contribution in [3.05, 3.63) is 48.0 Å². The minimum atomic E-state index is -0.117. The molecule has 0 aliphatic carbocycles. The van der Waals surface area contributed by atoms with E-state index in [9.17, 15) is 4.79 Å². The molecule has 0 saturated heterocycles. The van der Waals surface area contributed by atoms with Crippen molar-refractivity contribution in [2.75, 3.05) is 11.1 Å². The molecule has 2 heterocycles. The van der Waals surface area contributed by atoms with E-state index in [1.165, 1.54) is 17.3 Å². The number of carbonyl (C=O) groups is 1. The molecule has 142 valence electrons. The molecule has 0 bridgehead atoms. The van der Waals surface area contributed by atoms with Crippen LogP contribution in [0.4, 0.5) is 17.1 Å². The molecule has 0 spiro atoms. The second-order valence-electron chi connectivity index (χ2n) is 6.19. The molecule has 0 atom stereocenters. The fourth-order valence-electron chi connectivity index (χ4n) is 2.90. The third kappa shape index (κ3) is 3.76. The van der Waals surface area contributed by atoms with Crippen molar-refractivity contribution in [3.63, 3.8) is 0 Å². The number of hydrogen-bond donors (Lipinski definition) is 1. The van der Waals surface area contributed by atoms with Gasteiger partial charge in [0.2, 0.25) is 5.91 Å². The van der Waals surface area contributed by atoms with E-state index in [4.69, 9.17) is 0 Å². The minimum absolute atomic E-state index is 0.117. The van der Waals surface area contributed by atoms with E-state index in [0.29, 0.717) is 11.4 Å². The Kier molecular flexibility index (Phi) is 5.36. The Bertz CT molecular complexity index is 1120. The molecule has 0 saturated carbocycles. The lowest BCUT2D eigenvalue weighted by Crippen LogP contribution is -2.14. The molecule has 1 aliphatic rings. The number of aryl methyl sites for hydroxylation is 1. The number of aromatic nitrogens is 3. The number of fused-ring (bicyclic) bond motifs is 1. The van der Waals surface area contributed by atoms with Gasteiger partial charge in [0.1, 0.15) is 11.4 Å². The Balaban J connectivity index is 1.46. The van der Waals surface area contributed by atoms with Gasteiger partial charge in [-0.25, -0.2) is 0 Å². The van der Waals surface area contributed by atoms with Crippen LogP contribution >= 0.6 is 11.8 Å². The number of rotatable bonds is 6. The lowest BCUT2D eigenvalue weighted by atomic mass is 10.1. The maximum Gasteiger partial charge on any atom is 0.234 e. The molecule has 4 rings (SSSR count). The van der Waals surface area contributed by atoms with Gasteiger partial charge in [0, 0.05) is 12.1 Å². The molecule has 0 radical (unpaired) electrons. The van der Waals surface area contributed by atoms with Crippen molar-refractivity contribution < 1.29 is 4.79 Å². The quantitative estimate of drug-likeness (QED) is 0.466. The number of hydrogen-bond acceptors (Lipinski definition) is 6. The van der Waals surface area contributed by atoms with Crippen molar-refractivity contribution in [2.24, 2.45) is 8.73 Å². The average Bonchev–Trinajstić information content (AvgIpc) is 3.33. The molecule has 7 nitrogen and oxygen atoms in total. The summed E-state index contributed by atoms with van der Waals surface area (Å²) in [5.41, 5.74) is 4.36. The molecular weight excluding hydrogens is 392 g/mol. The van der Waals surface area contributed by atoms with E-state index in [-0.39, 0.29) is 11.7 Å². The summed E-state index contributed by atoms with van der Waals surface area (Å²) in [5, 5.41) is 12.3. The molecule has 3 aromatic rings. The summed E-state index contributed by atoms with van der Waals surface area (Å²) in [6, 6.07) is 13.7. The summed E-state index contributed by atoms with van der Waals surface area (Å²) in [7, 11) is 0. The summed E-state index contributed by atoms with van der Waals surface area (Å²) >= 11 is 2.50. The molecule has 1 amide bonds. The second kappa shape index (κ2) is 8.07. The van der Waals surface area contributed by atoms with E-state index in [0.717, 1.165) is 40.1 Å². The zero-order valence-corrected chi connectivity index (χ0v) is 17.0. The second-order valence-corrected chi connectivity index (χ2v) is 7.67. The Morgan fingerprint density at radius 1 is 1.18 bits per heavy atom. The predicted octanol–water partition coefficient (Wildman–Crippen LogP) is 4.73. The van der Waals surface area contributed by atoms with Gasteiger partial charge in [0.05, 0.1) is 22.8 Å². The van der Waals surface area contributed by atoms with Gasteiger partial charge >= 0.3 is 0 Å². The Morgan fingerprint density at radius 3 is 2.86 bits per heavy atom. The fraction of sp³-hybridized carbons (Fsp3) is 0.211. The van der Waals surface area contributed by atoms with Gasteiger partial charge in [-0.3, -0.25) is 4.79 Å². The number of carbonyl (C=O) groups excluding carboxylic acids is 1. The van der Waals surface area contributed by atoms with E-state index < -0.39 is 0 Å². The van der Waals surface area contributed by atoms with Crippen LogP contribution in [0.15, 0.2) is 56.3 Å². The van der Waals surface area contributed by atoms with Crippen LogP contribution in [0.1, 0.15) is 12.5 Å². The lowest BCUT2D eigenvalue weighted by molar-refractivity contribution is -0.113. The summed E-state index contributed by atoms with van der Waals surface area (Å²) in [5.74, 6) is 0.931. The summed E-state index contributed by atoms with van der Waals surface area (Å²) in [6.45, 7) is 4.82. The smallest absolute Gasteiger partial charge is 0.234 e. The molecule has 1 N–H and O–H groups in total. The highest BCUT2D eigenvalue weighted by Gasteiger charge is 2.16. The average molecular weight is 411 g/mol. The van der Waals surface area contributed by atoms with E-state index in [1.807, 2.05) is 41.8 Å². The summed E-state index contributed by atoms with van der Waals surface area (Å²) in [6.07, 6.45) is 0. The largest absolute Gasteiger partial charge is 0.323 e. The first-order chi connectivity index (χ1) is 13.7. The molecule has 9 heteroatoms. The number of amides is 1. The van der Waals surface area contributed by atoms with Gasteiger partial charge in [-0.2, -0.15) is 8.73 Å². The Labute approximate surface area is 170 Å². The van der Waals surface area contributed by atoms with Gasteiger partial charge < -0.3 is 9.88 Å². The number of nitrogens with one attached hydrogen (secondary N) is 1. The van der Waals surface area contributed by atoms with Crippen molar-refractivity contribution >= 4 is 46.1 Å². The molecule has 28 heavy (non-hydrogen) atoms. The van der Waals surface area contributed by atoms with Crippen LogP contribution in [-0.4, -0.2) is 26.4 Å². The van der Waals surface area contributed by atoms with Crippen LogP contribution < -0.4 is 5.32 Å². The van der Waals surface area contributed by atoms with Crippen molar-refractivity contribution in [2.45, 2.75) is 25.5 Å². The van der Waals surface area contributed by atoms with Gasteiger partial charge in [0.15, 0.2) is 11.0 Å². The third-order valence-corrected chi connectivity index (χ3v) is 5.71. The zero-order chi connectivity index (χ0) is 19.5. The number of nitrogens with zero attached hydrogens (tertiary/aromatic N) is 5. The maximum atomic E-state index is 12.4. The first kappa shape index (κ1) is 18.6. The molecule has 1 aromatic heterocycles. The molecule has 1 aliphatic heterocycles. The number of thioether (sulfide) groups is 1. The van der Waals surface area contributed by atoms with E-state index >= 15 is 0 Å². The van der Waals surface area contributed by atoms with E-state index in [2.05, 4.69) is 43.3 Å². The number of anilines is 1. The van der Waals surface area contributed by atoms with Crippen LogP contribution in [0, 0.1) is 6.92 Å². The van der Waals surface area contributed by atoms with Crippen molar-refractivity contribution in [1.29, 1.82) is 0 Å². The fourth-order valence-corrected chi connectivity index (χ4v) is 4.25. The van der Waals surface area contributed by atoms with Gasteiger partial charge in [0.25, 0.3) is 0 Å². The predicted molar refractivity (Wildman–Crippen MR) is 113 cm³/mol.